The average molecular weight is 415 g/mol. The monoisotopic (exact) mass is 415 g/mol. The van der Waals surface area contributed by atoms with Crippen molar-refractivity contribution in [3.05, 3.63) is 106 Å². The van der Waals surface area contributed by atoms with E-state index in [1.165, 1.54) is 6.07 Å². The highest BCUT2D eigenvalue weighted by molar-refractivity contribution is 6.15. The summed E-state index contributed by atoms with van der Waals surface area (Å²) in [5.41, 5.74) is 4.77. The second-order valence-electron chi connectivity index (χ2n) is 7.47. The van der Waals surface area contributed by atoms with E-state index in [1.54, 1.807) is 24.3 Å². The number of esters is 1. The van der Waals surface area contributed by atoms with Gasteiger partial charge in [-0.15, -0.1) is 0 Å². The predicted molar refractivity (Wildman–Crippen MR) is 119 cm³/mol. The Labute approximate surface area is 182 Å². The number of benzene rings is 3. The van der Waals surface area contributed by atoms with E-state index in [0.29, 0.717) is 12.1 Å². The van der Waals surface area contributed by atoms with Crippen molar-refractivity contribution in [2.24, 2.45) is 0 Å². The maximum absolute atomic E-state index is 13.1. The number of carbonyl (C=O) groups excluding carboxylic acids is 3. The fourth-order valence-corrected chi connectivity index (χ4v) is 3.25. The quantitative estimate of drug-likeness (QED) is 0.461. The number of rotatable bonds is 7. The first-order chi connectivity index (χ1) is 14.9. The Kier molecular flexibility index (Phi) is 6.98. The van der Waals surface area contributed by atoms with Crippen molar-refractivity contribution in [1.82, 2.24) is 5.32 Å². The van der Waals surface area contributed by atoms with Crippen LogP contribution in [-0.2, 0) is 16.1 Å². The van der Waals surface area contributed by atoms with Crippen LogP contribution in [0.1, 0.15) is 48.5 Å². The molecule has 3 aromatic carbocycles. The zero-order valence-corrected chi connectivity index (χ0v) is 17.9. The number of nitrogens with one attached hydrogen (secondary N) is 1. The second-order valence-corrected chi connectivity index (χ2v) is 7.47. The lowest BCUT2D eigenvalue weighted by atomic mass is 9.94. The molecule has 31 heavy (non-hydrogen) atoms. The third-order valence-electron chi connectivity index (χ3n) is 5.10. The molecule has 0 saturated heterocycles. The normalized spacial score (nSPS) is 10.4. The molecule has 158 valence electrons. The molecule has 0 heterocycles. The van der Waals surface area contributed by atoms with Crippen molar-refractivity contribution < 1.29 is 19.1 Å². The van der Waals surface area contributed by atoms with E-state index in [9.17, 15) is 14.4 Å². The first-order valence-corrected chi connectivity index (χ1v) is 10.1. The summed E-state index contributed by atoms with van der Waals surface area (Å²) in [7, 11) is 0. The second kappa shape index (κ2) is 9.85. The fourth-order valence-electron chi connectivity index (χ4n) is 3.25. The topological polar surface area (TPSA) is 72.5 Å². The predicted octanol–water partition coefficient (Wildman–Crippen LogP) is 4.32. The maximum Gasteiger partial charge on any atom is 0.339 e. The van der Waals surface area contributed by atoms with Crippen LogP contribution in [0.5, 0.6) is 0 Å². The van der Waals surface area contributed by atoms with Crippen LogP contribution in [0.3, 0.4) is 0 Å². The van der Waals surface area contributed by atoms with Crippen LogP contribution < -0.4 is 5.32 Å². The Morgan fingerprint density at radius 3 is 2.19 bits per heavy atom. The number of ether oxygens (including phenoxy) is 1. The number of aryl methyl sites for hydroxylation is 3. The maximum atomic E-state index is 13.1. The molecule has 3 rings (SSSR count). The van der Waals surface area contributed by atoms with Gasteiger partial charge in [0.15, 0.2) is 12.4 Å². The molecule has 0 bridgehead atoms. The van der Waals surface area contributed by atoms with E-state index in [0.717, 1.165) is 22.3 Å². The molecule has 3 aromatic rings. The standard InChI is InChI=1S/C26H25NO4/c1-17-12-13-19(3)23(14-17)25(29)21-10-6-7-11-22(21)26(30)31-16-24(28)27-15-20-9-5-4-8-18(20)2/h4-14H,15-16H2,1-3H3,(H,27,28). The first kappa shape index (κ1) is 22.0. The smallest absolute Gasteiger partial charge is 0.339 e. The van der Waals surface area contributed by atoms with Crippen LogP contribution in [-0.4, -0.2) is 24.3 Å². The van der Waals surface area contributed by atoms with Crippen LogP contribution in [0, 0.1) is 20.8 Å². The molecule has 0 unspecified atom stereocenters. The zero-order valence-electron chi connectivity index (χ0n) is 17.9. The third-order valence-corrected chi connectivity index (χ3v) is 5.10. The Hall–Kier alpha value is -3.73. The van der Waals surface area contributed by atoms with Crippen molar-refractivity contribution in [3.63, 3.8) is 0 Å². The molecular formula is C26H25NO4. The average Bonchev–Trinajstić information content (AvgIpc) is 2.78. The summed E-state index contributed by atoms with van der Waals surface area (Å²) < 4.78 is 5.19. The van der Waals surface area contributed by atoms with Crippen molar-refractivity contribution in [3.8, 4) is 0 Å². The largest absolute Gasteiger partial charge is 0.452 e. The van der Waals surface area contributed by atoms with Gasteiger partial charge in [0.1, 0.15) is 0 Å². The molecule has 1 N–H and O–H groups in total. The summed E-state index contributed by atoms with van der Waals surface area (Å²) in [4.78, 5) is 37.8. The van der Waals surface area contributed by atoms with E-state index >= 15 is 0 Å². The van der Waals surface area contributed by atoms with Crippen molar-refractivity contribution in [2.75, 3.05) is 6.61 Å². The van der Waals surface area contributed by atoms with Crippen LogP contribution in [0.4, 0.5) is 0 Å². The Morgan fingerprint density at radius 2 is 1.45 bits per heavy atom. The molecule has 1 amide bonds. The van der Waals surface area contributed by atoms with Gasteiger partial charge in [0.25, 0.3) is 5.91 Å². The highest BCUT2D eigenvalue weighted by Gasteiger charge is 2.21. The summed E-state index contributed by atoms with van der Waals surface area (Å²) in [6, 6.07) is 19.8. The van der Waals surface area contributed by atoms with Gasteiger partial charge in [0, 0.05) is 17.7 Å². The van der Waals surface area contributed by atoms with Gasteiger partial charge in [-0.3, -0.25) is 9.59 Å². The Bertz CT molecular complexity index is 1130. The molecule has 0 radical (unpaired) electrons. The van der Waals surface area contributed by atoms with Crippen LogP contribution in [0.2, 0.25) is 0 Å². The van der Waals surface area contributed by atoms with Crippen molar-refractivity contribution in [1.29, 1.82) is 0 Å². The van der Waals surface area contributed by atoms with Crippen molar-refractivity contribution in [2.45, 2.75) is 27.3 Å². The zero-order chi connectivity index (χ0) is 22.4. The van der Waals surface area contributed by atoms with Gasteiger partial charge in [-0.1, -0.05) is 60.2 Å². The van der Waals surface area contributed by atoms with E-state index in [1.807, 2.05) is 57.2 Å². The summed E-state index contributed by atoms with van der Waals surface area (Å²) in [5, 5.41) is 2.74. The van der Waals surface area contributed by atoms with Crippen LogP contribution >= 0.6 is 0 Å². The summed E-state index contributed by atoms with van der Waals surface area (Å²) >= 11 is 0. The number of hydrogen-bond donors (Lipinski definition) is 1. The lowest BCUT2D eigenvalue weighted by Crippen LogP contribution is -2.29. The van der Waals surface area contributed by atoms with Gasteiger partial charge in [0.05, 0.1) is 5.56 Å². The third kappa shape index (κ3) is 5.45. The van der Waals surface area contributed by atoms with Gasteiger partial charge in [-0.2, -0.15) is 0 Å². The molecular weight excluding hydrogens is 390 g/mol. The molecule has 0 aliphatic carbocycles. The minimum Gasteiger partial charge on any atom is -0.452 e. The molecule has 0 fully saturated rings. The molecule has 0 spiro atoms. The Balaban J connectivity index is 1.67. The van der Waals surface area contributed by atoms with Crippen LogP contribution in [0.15, 0.2) is 66.7 Å². The number of ketones is 1. The number of hydrogen-bond acceptors (Lipinski definition) is 4. The van der Waals surface area contributed by atoms with Gasteiger partial charge in [-0.25, -0.2) is 4.79 Å². The molecule has 0 aromatic heterocycles. The molecule has 5 nitrogen and oxygen atoms in total. The van der Waals surface area contributed by atoms with E-state index < -0.39 is 18.5 Å². The highest BCUT2D eigenvalue weighted by Crippen LogP contribution is 2.19. The minimum absolute atomic E-state index is 0.139. The van der Waals surface area contributed by atoms with Gasteiger partial charge >= 0.3 is 5.97 Å². The van der Waals surface area contributed by atoms with E-state index in [-0.39, 0.29) is 16.9 Å². The highest BCUT2D eigenvalue weighted by atomic mass is 16.5. The van der Waals surface area contributed by atoms with Gasteiger partial charge < -0.3 is 10.1 Å². The molecule has 0 atom stereocenters. The molecule has 5 heteroatoms. The van der Waals surface area contributed by atoms with E-state index in [2.05, 4.69) is 5.32 Å². The van der Waals surface area contributed by atoms with Gasteiger partial charge in [-0.05, 0) is 49.6 Å². The lowest BCUT2D eigenvalue weighted by molar-refractivity contribution is -0.124. The Morgan fingerprint density at radius 1 is 0.774 bits per heavy atom. The first-order valence-electron chi connectivity index (χ1n) is 10.1. The molecule has 0 saturated carbocycles. The molecule has 0 aliphatic heterocycles. The SMILES string of the molecule is Cc1ccc(C)c(C(=O)c2ccccc2C(=O)OCC(=O)NCc2ccccc2C)c1. The summed E-state index contributed by atoms with van der Waals surface area (Å²) in [6.07, 6.45) is 0. The molecule has 0 aliphatic rings. The van der Waals surface area contributed by atoms with Gasteiger partial charge in [0.2, 0.25) is 0 Å². The summed E-state index contributed by atoms with van der Waals surface area (Å²) in [6.45, 7) is 5.66. The van der Waals surface area contributed by atoms with Crippen molar-refractivity contribution >= 4 is 17.7 Å². The van der Waals surface area contributed by atoms with E-state index in [4.69, 9.17) is 4.74 Å². The number of carbonyl (C=O) groups is 3. The fraction of sp³-hybridized carbons (Fsp3) is 0.192. The summed E-state index contributed by atoms with van der Waals surface area (Å²) in [5.74, 6) is -1.37. The van der Waals surface area contributed by atoms with Crippen LogP contribution in [0.25, 0.3) is 0 Å². The lowest BCUT2D eigenvalue weighted by Gasteiger charge is -2.11. The number of amides is 1. The minimum atomic E-state index is -0.708.